The van der Waals surface area contributed by atoms with E-state index >= 15 is 0 Å². The number of phenolic OH excluding ortho intramolecular Hbond substituents is 2. The fraction of sp³-hybridized carbons (Fsp3) is 0.714. The van der Waals surface area contributed by atoms with E-state index < -0.39 is 0 Å². The van der Waals surface area contributed by atoms with Crippen LogP contribution in [0.15, 0.2) is 12.1 Å². The summed E-state index contributed by atoms with van der Waals surface area (Å²) < 4.78 is 0. The molecule has 23 heavy (non-hydrogen) atoms. The molecule has 1 aromatic rings. The van der Waals surface area contributed by atoms with Crippen LogP contribution in [0.3, 0.4) is 0 Å². The highest BCUT2D eigenvalue weighted by Crippen LogP contribution is 2.63. The fourth-order valence-corrected chi connectivity index (χ4v) is 6.26. The molecule has 4 aliphatic rings. The molecule has 1 aromatic carbocycles. The first kappa shape index (κ1) is 15.4. The maximum Gasteiger partial charge on any atom is 0.126 e. The number of hydrogen-bond donors (Lipinski definition) is 2. The van der Waals surface area contributed by atoms with E-state index in [0.717, 1.165) is 54.6 Å². The van der Waals surface area contributed by atoms with Gasteiger partial charge in [0.2, 0.25) is 0 Å². The van der Waals surface area contributed by atoms with Gasteiger partial charge in [0.15, 0.2) is 0 Å². The maximum absolute atomic E-state index is 11.1. The van der Waals surface area contributed by atoms with Crippen molar-refractivity contribution in [3.63, 3.8) is 0 Å². The van der Waals surface area contributed by atoms with E-state index in [9.17, 15) is 10.2 Å². The number of benzene rings is 1. The Bertz CT molecular complexity index is 594. The molecule has 2 nitrogen and oxygen atoms in total. The van der Waals surface area contributed by atoms with Crippen LogP contribution in [0.25, 0.3) is 0 Å². The predicted octanol–water partition coefficient (Wildman–Crippen LogP) is 5.25. The number of aromatic hydroxyl groups is 2. The van der Waals surface area contributed by atoms with Crippen molar-refractivity contribution in [2.24, 2.45) is 17.8 Å². The van der Waals surface area contributed by atoms with E-state index in [1.54, 1.807) is 0 Å². The van der Waals surface area contributed by atoms with Gasteiger partial charge in [-0.1, -0.05) is 26.8 Å². The third kappa shape index (κ3) is 2.21. The third-order valence-corrected chi connectivity index (χ3v) is 7.34. The lowest BCUT2D eigenvalue weighted by Crippen LogP contribution is -2.48. The summed E-state index contributed by atoms with van der Waals surface area (Å²) in [5, 5.41) is 21.8. The lowest BCUT2D eigenvalue weighted by atomic mass is 9.47. The first-order chi connectivity index (χ1) is 10.8. The van der Waals surface area contributed by atoms with Crippen molar-refractivity contribution < 1.29 is 10.2 Å². The van der Waals surface area contributed by atoms with Crippen molar-refractivity contribution in [1.82, 2.24) is 0 Å². The van der Waals surface area contributed by atoms with E-state index in [4.69, 9.17) is 0 Å². The number of rotatable bonds is 3. The molecule has 0 atom stereocenters. The smallest absolute Gasteiger partial charge is 0.126 e. The predicted molar refractivity (Wildman–Crippen MR) is 92.9 cm³/mol. The number of phenols is 2. The van der Waals surface area contributed by atoms with Crippen molar-refractivity contribution in [3.05, 3.63) is 23.3 Å². The fourth-order valence-electron chi connectivity index (χ4n) is 6.26. The zero-order valence-corrected chi connectivity index (χ0v) is 14.7. The van der Waals surface area contributed by atoms with E-state index in [2.05, 4.69) is 20.8 Å². The summed E-state index contributed by atoms with van der Waals surface area (Å²) in [5.74, 6) is 3.13. The van der Waals surface area contributed by atoms with Crippen LogP contribution >= 0.6 is 0 Å². The second-order valence-electron chi connectivity index (χ2n) is 9.29. The van der Waals surface area contributed by atoms with Crippen molar-refractivity contribution in [2.75, 3.05) is 0 Å². The van der Waals surface area contributed by atoms with E-state index in [1.807, 2.05) is 12.1 Å². The largest absolute Gasteiger partial charge is 0.508 e. The van der Waals surface area contributed by atoms with Crippen molar-refractivity contribution in [3.8, 4) is 11.5 Å². The van der Waals surface area contributed by atoms with Gasteiger partial charge in [-0.05, 0) is 74.2 Å². The summed E-state index contributed by atoms with van der Waals surface area (Å²) in [4.78, 5) is 0. The lowest BCUT2D eigenvalue weighted by Gasteiger charge is -2.57. The molecule has 4 aliphatic carbocycles. The molecule has 4 fully saturated rings. The molecule has 2 heteroatoms. The van der Waals surface area contributed by atoms with Gasteiger partial charge >= 0.3 is 0 Å². The lowest BCUT2D eigenvalue weighted by molar-refractivity contribution is -0.00721. The second kappa shape index (κ2) is 4.91. The molecule has 0 radical (unpaired) electrons. The molecule has 0 unspecified atom stereocenters. The first-order valence-corrected chi connectivity index (χ1v) is 9.40. The number of hydrogen-bond acceptors (Lipinski definition) is 2. The van der Waals surface area contributed by atoms with Gasteiger partial charge in [-0.2, -0.15) is 0 Å². The van der Waals surface area contributed by atoms with Crippen LogP contribution in [0.4, 0.5) is 0 Å². The average Bonchev–Trinajstić information content (AvgIpc) is 2.45. The summed E-state index contributed by atoms with van der Waals surface area (Å²) in [6, 6.07) is 3.76. The Kier molecular flexibility index (Phi) is 3.28. The Labute approximate surface area is 139 Å². The highest BCUT2D eigenvalue weighted by molar-refractivity contribution is 5.55. The normalized spacial score (nSPS) is 35.7. The van der Waals surface area contributed by atoms with Crippen molar-refractivity contribution in [1.29, 1.82) is 0 Å². The second-order valence-corrected chi connectivity index (χ2v) is 9.29. The molecule has 0 heterocycles. The van der Waals surface area contributed by atoms with Crippen LogP contribution in [-0.2, 0) is 10.8 Å². The van der Waals surface area contributed by atoms with Gasteiger partial charge in [0, 0.05) is 16.5 Å². The standard InChI is InChI=1S/C21H30O2/c1-4-20(2,3)16-5-6-17(22)18(19(16)23)21-10-13-7-14(11-21)9-15(8-13)12-21/h5-6,13-15,22-23H,4,7-12H2,1-3H3. The molecule has 2 N–H and O–H groups in total. The Morgan fingerprint density at radius 2 is 1.52 bits per heavy atom. The van der Waals surface area contributed by atoms with Crippen LogP contribution in [0.1, 0.15) is 76.8 Å². The van der Waals surface area contributed by atoms with Gasteiger partial charge in [-0.3, -0.25) is 0 Å². The Morgan fingerprint density at radius 3 is 2.00 bits per heavy atom. The summed E-state index contributed by atoms with van der Waals surface area (Å²) in [5.41, 5.74) is 1.86. The minimum atomic E-state index is -0.0607. The van der Waals surface area contributed by atoms with E-state index in [-0.39, 0.29) is 10.8 Å². The monoisotopic (exact) mass is 314 g/mol. The third-order valence-electron chi connectivity index (χ3n) is 7.34. The molecule has 0 amide bonds. The summed E-state index contributed by atoms with van der Waals surface area (Å²) in [7, 11) is 0. The molecule has 5 rings (SSSR count). The zero-order chi connectivity index (χ0) is 16.4. The molecule has 0 spiro atoms. The Hall–Kier alpha value is -1.18. The minimum Gasteiger partial charge on any atom is -0.508 e. The maximum atomic E-state index is 11.1. The van der Waals surface area contributed by atoms with E-state index in [1.165, 1.54) is 19.3 Å². The van der Waals surface area contributed by atoms with Gasteiger partial charge in [0.1, 0.15) is 11.5 Å². The molecule has 126 valence electrons. The van der Waals surface area contributed by atoms with Gasteiger partial charge in [0.05, 0.1) is 0 Å². The van der Waals surface area contributed by atoms with Gasteiger partial charge < -0.3 is 10.2 Å². The molecule has 4 saturated carbocycles. The van der Waals surface area contributed by atoms with Crippen LogP contribution in [0, 0.1) is 17.8 Å². The van der Waals surface area contributed by atoms with E-state index in [0.29, 0.717) is 11.5 Å². The zero-order valence-electron chi connectivity index (χ0n) is 14.7. The topological polar surface area (TPSA) is 40.5 Å². The summed E-state index contributed by atoms with van der Waals surface area (Å²) in [6.45, 7) is 6.53. The Balaban J connectivity index is 1.84. The average molecular weight is 314 g/mol. The minimum absolute atomic E-state index is 0.0305. The quantitative estimate of drug-likeness (QED) is 0.799. The molecule has 0 aromatic heterocycles. The molecular weight excluding hydrogens is 284 g/mol. The van der Waals surface area contributed by atoms with Crippen molar-refractivity contribution >= 4 is 0 Å². The molecule has 4 bridgehead atoms. The van der Waals surface area contributed by atoms with Crippen molar-refractivity contribution in [2.45, 2.75) is 76.5 Å². The van der Waals surface area contributed by atoms with Crippen LogP contribution in [0.2, 0.25) is 0 Å². The molecule has 0 saturated heterocycles. The molecular formula is C21H30O2. The van der Waals surface area contributed by atoms with Crippen LogP contribution in [0.5, 0.6) is 11.5 Å². The van der Waals surface area contributed by atoms with Gasteiger partial charge in [0.25, 0.3) is 0 Å². The Morgan fingerprint density at radius 1 is 1.00 bits per heavy atom. The van der Waals surface area contributed by atoms with Gasteiger partial charge in [-0.25, -0.2) is 0 Å². The first-order valence-electron chi connectivity index (χ1n) is 9.40. The summed E-state index contributed by atoms with van der Waals surface area (Å²) in [6.07, 6.45) is 8.59. The van der Waals surface area contributed by atoms with Crippen LogP contribution in [-0.4, -0.2) is 10.2 Å². The summed E-state index contributed by atoms with van der Waals surface area (Å²) >= 11 is 0. The highest BCUT2D eigenvalue weighted by atomic mass is 16.3. The van der Waals surface area contributed by atoms with Crippen LogP contribution < -0.4 is 0 Å². The molecule has 0 aliphatic heterocycles. The van der Waals surface area contributed by atoms with Gasteiger partial charge in [-0.15, -0.1) is 0 Å². The SMILES string of the molecule is CCC(C)(C)c1ccc(O)c(C23CC4CC(CC(C4)C2)C3)c1O. The highest BCUT2D eigenvalue weighted by Gasteiger charge is 2.53.